The van der Waals surface area contributed by atoms with Crippen LogP contribution in [0.4, 0.5) is 0 Å². The lowest BCUT2D eigenvalue weighted by Gasteiger charge is -2.18. The third kappa shape index (κ3) is 6.49. The van der Waals surface area contributed by atoms with Gasteiger partial charge in [-0.3, -0.25) is 14.4 Å². The van der Waals surface area contributed by atoms with E-state index in [1.807, 2.05) is 36.4 Å². The Hall–Kier alpha value is -2.67. The van der Waals surface area contributed by atoms with E-state index in [2.05, 4.69) is 26.6 Å². The summed E-state index contributed by atoms with van der Waals surface area (Å²) in [7, 11) is 3.40. The second-order valence-corrected chi connectivity index (χ2v) is 7.60. The summed E-state index contributed by atoms with van der Waals surface area (Å²) in [6, 6.07) is 14.2. The summed E-state index contributed by atoms with van der Waals surface area (Å²) in [6.07, 6.45) is 0.137. The molecule has 2 rings (SSSR count). The van der Waals surface area contributed by atoms with Crippen LogP contribution >= 0.6 is 15.9 Å². The van der Waals surface area contributed by atoms with E-state index in [0.29, 0.717) is 12.1 Å². The van der Waals surface area contributed by atoms with Crippen molar-refractivity contribution in [2.24, 2.45) is 0 Å². The molecule has 0 fully saturated rings. The van der Waals surface area contributed by atoms with Crippen molar-refractivity contribution < 1.29 is 14.4 Å². The molecule has 1 atom stereocenters. The zero-order chi connectivity index (χ0) is 20.7. The molecule has 2 aromatic carbocycles. The van der Waals surface area contributed by atoms with Crippen molar-refractivity contribution in [1.29, 1.82) is 0 Å². The van der Waals surface area contributed by atoms with Gasteiger partial charge in [0.1, 0.15) is 0 Å². The Kier molecular flexibility index (Phi) is 7.75. The summed E-state index contributed by atoms with van der Waals surface area (Å²) >= 11 is 3.38. The van der Waals surface area contributed by atoms with Crippen LogP contribution in [0.15, 0.2) is 53.0 Å². The molecule has 0 bridgehead atoms. The Morgan fingerprint density at radius 2 is 1.61 bits per heavy atom. The van der Waals surface area contributed by atoms with Gasteiger partial charge < -0.3 is 15.5 Å². The van der Waals surface area contributed by atoms with Gasteiger partial charge in [-0.1, -0.05) is 40.2 Å². The number of hydrogen-bond acceptors (Lipinski definition) is 3. The molecule has 3 amide bonds. The minimum Gasteiger partial charge on any atom is -0.352 e. The first kappa shape index (κ1) is 21.6. The van der Waals surface area contributed by atoms with E-state index in [1.165, 1.54) is 11.8 Å². The fourth-order valence-electron chi connectivity index (χ4n) is 2.67. The van der Waals surface area contributed by atoms with E-state index in [4.69, 9.17) is 0 Å². The lowest BCUT2D eigenvalue weighted by Crippen LogP contribution is -2.32. The van der Waals surface area contributed by atoms with Crippen molar-refractivity contribution in [1.82, 2.24) is 15.5 Å². The van der Waals surface area contributed by atoms with Crippen LogP contribution in [0.2, 0.25) is 0 Å². The smallest absolute Gasteiger partial charge is 0.253 e. The number of amides is 3. The molecule has 0 aliphatic rings. The topological polar surface area (TPSA) is 78.5 Å². The largest absolute Gasteiger partial charge is 0.352 e. The maximum absolute atomic E-state index is 12.4. The van der Waals surface area contributed by atoms with E-state index in [-0.39, 0.29) is 24.1 Å². The van der Waals surface area contributed by atoms with Crippen LogP contribution in [0.25, 0.3) is 0 Å². The highest BCUT2D eigenvalue weighted by Crippen LogP contribution is 2.20. The minimum absolute atomic E-state index is 0.0665. The maximum atomic E-state index is 12.4. The van der Waals surface area contributed by atoms with Gasteiger partial charge in [-0.05, 0) is 35.4 Å². The molecule has 0 aliphatic carbocycles. The monoisotopic (exact) mass is 445 g/mol. The Labute approximate surface area is 173 Å². The first-order chi connectivity index (χ1) is 13.3. The van der Waals surface area contributed by atoms with E-state index in [1.54, 1.807) is 26.2 Å². The van der Waals surface area contributed by atoms with E-state index < -0.39 is 6.04 Å². The summed E-state index contributed by atoms with van der Waals surface area (Å²) in [5, 5.41) is 5.68. The highest BCUT2D eigenvalue weighted by atomic mass is 79.9. The second-order valence-electron chi connectivity index (χ2n) is 6.68. The number of halogens is 1. The lowest BCUT2D eigenvalue weighted by atomic mass is 10.0. The van der Waals surface area contributed by atoms with E-state index >= 15 is 0 Å². The highest BCUT2D eigenvalue weighted by molar-refractivity contribution is 9.10. The van der Waals surface area contributed by atoms with Gasteiger partial charge in [-0.15, -0.1) is 0 Å². The molecule has 0 radical (unpaired) electrons. The fraction of sp³-hybridized carbons (Fsp3) is 0.286. The zero-order valence-electron chi connectivity index (χ0n) is 16.2. The first-order valence-corrected chi connectivity index (χ1v) is 9.65. The van der Waals surface area contributed by atoms with Crippen molar-refractivity contribution >= 4 is 33.7 Å². The Bertz CT molecular complexity index is 833. The van der Waals surface area contributed by atoms with Gasteiger partial charge in [-0.25, -0.2) is 0 Å². The Morgan fingerprint density at radius 3 is 2.14 bits per heavy atom. The average molecular weight is 446 g/mol. The Balaban J connectivity index is 1.96. The molecule has 2 aromatic rings. The van der Waals surface area contributed by atoms with Crippen molar-refractivity contribution in [2.75, 3.05) is 14.1 Å². The number of nitrogens with one attached hydrogen (secondary N) is 2. The zero-order valence-corrected chi connectivity index (χ0v) is 17.7. The van der Waals surface area contributed by atoms with Crippen LogP contribution in [-0.2, 0) is 16.1 Å². The third-order valence-corrected chi connectivity index (χ3v) is 4.66. The molecule has 6 nitrogen and oxygen atoms in total. The fourth-order valence-corrected chi connectivity index (χ4v) is 2.94. The van der Waals surface area contributed by atoms with Crippen LogP contribution in [0, 0.1) is 0 Å². The van der Waals surface area contributed by atoms with Gasteiger partial charge >= 0.3 is 0 Å². The van der Waals surface area contributed by atoms with Gasteiger partial charge in [0.25, 0.3) is 5.91 Å². The number of carbonyl (C=O) groups is 3. The van der Waals surface area contributed by atoms with Gasteiger partial charge in [0.2, 0.25) is 11.8 Å². The van der Waals surface area contributed by atoms with E-state index in [0.717, 1.165) is 15.6 Å². The molecular weight excluding hydrogens is 422 g/mol. The molecule has 2 N–H and O–H groups in total. The quantitative estimate of drug-likeness (QED) is 0.687. The molecule has 0 heterocycles. The standard InChI is InChI=1S/C21H24BrN3O3/c1-14(26)24-19(16-8-10-18(22)11-9-16)12-20(27)23-13-15-4-6-17(7-5-15)21(28)25(2)3/h4-11,19H,12-13H2,1-3H3,(H,23,27)(H,24,26). The second kappa shape index (κ2) is 10.0. The maximum Gasteiger partial charge on any atom is 0.253 e. The normalized spacial score (nSPS) is 11.4. The van der Waals surface area contributed by atoms with E-state index in [9.17, 15) is 14.4 Å². The third-order valence-electron chi connectivity index (χ3n) is 4.14. The molecule has 0 aromatic heterocycles. The minimum atomic E-state index is -0.398. The van der Waals surface area contributed by atoms with Gasteiger partial charge in [-0.2, -0.15) is 0 Å². The Morgan fingerprint density at radius 1 is 1.00 bits per heavy atom. The number of nitrogens with zero attached hydrogens (tertiary/aromatic N) is 1. The number of benzene rings is 2. The predicted octanol–water partition coefficient (Wildman–Crippen LogP) is 3.03. The lowest BCUT2D eigenvalue weighted by molar-refractivity contribution is -0.122. The van der Waals surface area contributed by atoms with Gasteiger partial charge in [0, 0.05) is 37.6 Å². The summed E-state index contributed by atoms with van der Waals surface area (Å²) in [4.78, 5) is 37.3. The number of carbonyl (C=O) groups excluding carboxylic acids is 3. The number of hydrogen-bond donors (Lipinski definition) is 2. The number of rotatable bonds is 7. The summed E-state index contributed by atoms with van der Waals surface area (Å²) in [6.45, 7) is 1.78. The molecule has 0 spiro atoms. The molecule has 0 aliphatic heterocycles. The summed E-state index contributed by atoms with van der Waals surface area (Å²) in [5.41, 5.74) is 2.35. The van der Waals surface area contributed by atoms with Crippen LogP contribution in [0.3, 0.4) is 0 Å². The van der Waals surface area contributed by atoms with Crippen LogP contribution in [-0.4, -0.2) is 36.7 Å². The van der Waals surface area contributed by atoms with Crippen molar-refractivity contribution in [3.05, 3.63) is 69.7 Å². The van der Waals surface area contributed by atoms with Gasteiger partial charge in [0.15, 0.2) is 0 Å². The van der Waals surface area contributed by atoms with Crippen LogP contribution < -0.4 is 10.6 Å². The predicted molar refractivity (Wildman–Crippen MR) is 112 cm³/mol. The summed E-state index contributed by atoms with van der Waals surface area (Å²) < 4.78 is 0.929. The van der Waals surface area contributed by atoms with Crippen molar-refractivity contribution in [3.8, 4) is 0 Å². The molecule has 28 heavy (non-hydrogen) atoms. The molecule has 1 unspecified atom stereocenters. The molecule has 148 valence electrons. The highest BCUT2D eigenvalue weighted by Gasteiger charge is 2.17. The first-order valence-electron chi connectivity index (χ1n) is 8.86. The SMILES string of the molecule is CC(=O)NC(CC(=O)NCc1ccc(C(=O)N(C)C)cc1)c1ccc(Br)cc1. The van der Waals surface area contributed by atoms with Crippen LogP contribution in [0.5, 0.6) is 0 Å². The molecule has 7 heteroatoms. The molecule has 0 saturated carbocycles. The molecular formula is C21H24BrN3O3. The average Bonchev–Trinajstić information content (AvgIpc) is 2.66. The van der Waals surface area contributed by atoms with Gasteiger partial charge in [0.05, 0.1) is 12.5 Å². The molecule has 0 saturated heterocycles. The van der Waals surface area contributed by atoms with Crippen LogP contribution in [0.1, 0.15) is 40.9 Å². The summed E-state index contributed by atoms with van der Waals surface area (Å²) in [5.74, 6) is -0.430. The van der Waals surface area contributed by atoms with Crippen molar-refractivity contribution in [2.45, 2.75) is 25.9 Å². The van der Waals surface area contributed by atoms with Crippen molar-refractivity contribution in [3.63, 3.8) is 0 Å².